The van der Waals surface area contributed by atoms with Gasteiger partial charge in [-0.15, -0.1) is 10.2 Å². The number of hydrogen-bond donors (Lipinski definition) is 1. The Morgan fingerprint density at radius 1 is 1.19 bits per heavy atom. The number of hydrogen-bond acceptors (Lipinski definition) is 7. The van der Waals surface area contributed by atoms with Gasteiger partial charge in [-0.25, -0.2) is 9.78 Å². The third-order valence-corrected chi connectivity index (χ3v) is 4.86. The van der Waals surface area contributed by atoms with Crippen LogP contribution in [0.1, 0.15) is 35.3 Å². The summed E-state index contributed by atoms with van der Waals surface area (Å²) in [6.45, 7) is 2.09. The maximum absolute atomic E-state index is 12.4. The molecule has 0 saturated carbocycles. The maximum atomic E-state index is 12.4. The fourth-order valence-electron chi connectivity index (χ4n) is 2.47. The van der Waals surface area contributed by atoms with Crippen LogP contribution in [0.15, 0.2) is 21.7 Å². The highest BCUT2D eigenvalue weighted by Gasteiger charge is 2.15. The number of amides is 1. The van der Waals surface area contributed by atoms with Crippen molar-refractivity contribution in [1.82, 2.24) is 24.3 Å². The van der Waals surface area contributed by atoms with E-state index in [1.165, 1.54) is 42.1 Å². The molecule has 0 unspecified atom stereocenters. The van der Waals surface area contributed by atoms with Crippen molar-refractivity contribution in [2.24, 2.45) is 14.1 Å². The van der Waals surface area contributed by atoms with Crippen LogP contribution in [0.2, 0.25) is 0 Å². The summed E-state index contributed by atoms with van der Waals surface area (Å²) in [5, 5.41) is 12.2. The molecule has 0 spiro atoms. The first kappa shape index (κ1) is 17.9. The number of carbonyl (C=O) groups is 1. The summed E-state index contributed by atoms with van der Waals surface area (Å²) in [5.74, 6) is -0.474. The van der Waals surface area contributed by atoms with Crippen LogP contribution < -0.4 is 16.6 Å². The lowest BCUT2D eigenvalue weighted by Crippen LogP contribution is -2.37. The Kier molecular flexibility index (Phi) is 4.94. The Balaban J connectivity index is 1.90. The normalized spacial score (nSPS) is 11.0. The van der Waals surface area contributed by atoms with E-state index in [1.807, 2.05) is 0 Å². The van der Waals surface area contributed by atoms with Crippen LogP contribution in [0, 0.1) is 0 Å². The Morgan fingerprint density at radius 2 is 1.96 bits per heavy atom. The van der Waals surface area contributed by atoms with Crippen molar-refractivity contribution < 1.29 is 4.79 Å². The molecule has 10 heteroatoms. The number of anilines is 1. The zero-order chi connectivity index (χ0) is 18.8. The summed E-state index contributed by atoms with van der Waals surface area (Å²) in [4.78, 5) is 40.8. The molecule has 0 aliphatic heterocycles. The number of nitrogens with zero attached hydrogens (tertiary/aromatic N) is 5. The monoisotopic (exact) mass is 374 g/mol. The van der Waals surface area contributed by atoms with Gasteiger partial charge >= 0.3 is 5.69 Å². The summed E-state index contributed by atoms with van der Waals surface area (Å²) < 4.78 is 2.24. The number of rotatable bonds is 5. The van der Waals surface area contributed by atoms with E-state index in [0.29, 0.717) is 5.13 Å². The molecule has 3 aromatic heterocycles. The van der Waals surface area contributed by atoms with Gasteiger partial charge in [0.15, 0.2) is 0 Å². The number of nitrogens with one attached hydrogen (secondary N) is 1. The molecule has 0 saturated heterocycles. The van der Waals surface area contributed by atoms with Crippen LogP contribution in [0.3, 0.4) is 0 Å². The maximum Gasteiger partial charge on any atom is 0.332 e. The first-order chi connectivity index (χ1) is 12.4. The molecule has 0 bridgehead atoms. The van der Waals surface area contributed by atoms with Crippen LogP contribution in [0.4, 0.5) is 5.13 Å². The van der Waals surface area contributed by atoms with Gasteiger partial charge in [0.2, 0.25) is 5.13 Å². The molecule has 1 N–H and O–H groups in total. The van der Waals surface area contributed by atoms with E-state index < -0.39 is 17.2 Å². The van der Waals surface area contributed by atoms with Crippen molar-refractivity contribution in [2.45, 2.75) is 26.2 Å². The minimum atomic E-state index is -0.503. The molecule has 1 amide bonds. The summed E-state index contributed by atoms with van der Waals surface area (Å²) in [5.41, 5.74) is -0.706. The van der Waals surface area contributed by atoms with E-state index >= 15 is 0 Å². The number of aromatic nitrogens is 5. The fraction of sp³-hybridized carbons (Fsp3) is 0.375. The standard InChI is InChI=1S/C16H18N6O3S/c1-4-5-6-11-19-20-15(26-11)18-13(23)10-8-7-9-12(17-10)21(2)16(25)22(3)14(9)24/h7-8H,4-6H2,1-3H3,(H,18,20,23). The molecule has 26 heavy (non-hydrogen) atoms. The van der Waals surface area contributed by atoms with Crippen molar-refractivity contribution in [3.63, 3.8) is 0 Å². The Hall–Kier alpha value is -2.88. The first-order valence-electron chi connectivity index (χ1n) is 8.13. The van der Waals surface area contributed by atoms with Gasteiger partial charge in [-0.2, -0.15) is 0 Å². The summed E-state index contributed by atoms with van der Waals surface area (Å²) >= 11 is 1.32. The van der Waals surface area contributed by atoms with Gasteiger partial charge in [0.1, 0.15) is 16.3 Å². The van der Waals surface area contributed by atoms with Gasteiger partial charge in [-0.1, -0.05) is 24.7 Å². The lowest BCUT2D eigenvalue weighted by atomic mass is 10.2. The Labute approximate surface area is 152 Å². The van der Waals surface area contributed by atoms with Crippen LogP contribution in [0.25, 0.3) is 11.0 Å². The summed E-state index contributed by atoms with van der Waals surface area (Å²) in [7, 11) is 2.90. The van der Waals surface area contributed by atoms with Crippen molar-refractivity contribution in [3.8, 4) is 0 Å². The van der Waals surface area contributed by atoms with E-state index in [2.05, 4.69) is 27.4 Å². The highest BCUT2D eigenvalue weighted by molar-refractivity contribution is 7.15. The third kappa shape index (κ3) is 3.27. The molecule has 0 aliphatic rings. The zero-order valence-electron chi connectivity index (χ0n) is 14.6. The van der Waals surface area contributed by atoms with Crippen LogP contribution in [0.5, 0.6) is 0 Å². The average Bonchev–Trinajstić information content (AvgIpc) is 3.09. The number of pyridine rings is 1. The van der Waals surface area contributed by atoms with Crippen molar-refractivity contribution >= 4 is 33.4 Å². The van der Waals surface area contributed by atoms with Crippen molar-refractivity contribution in [3.05, 3.63) is 43.7 Å². The van der Waals surface area contributed by atoms with Gasteiger partial charge in [0, 0.05) is 20.5 Å². The largest absolute Gasteiger partial charge is 0.332 e. The fourth-order valence-corrected chi connectivity index (χ4v) is 3.25. The topological polar surface area (TPSA) is 112 Å². The SMILES string of the molecule is CCCCc1nnc(NC(=O)c2ccc3c(=O)n(C)c(=O)n(C)c3n2)s1. The molecule has 0 radical (unpaired) electrons. The van der Waals surface area contributed by atoms with Crippen LogP contribution in [-0.2, 0) is 20.5 Å². The van der Waals surface area contributed by atoms with Crippen molar-refractivity contribution in [2.75, 3.05) is 5.32 Å². The first-order valence-corrected chi connectivity index (χ1v) is 8.94. The highest BCUT2D eigenvalue weighted by atomic mass is 32.1. The van der Waals surface area contributed by atoms with E-state index in [9.17, 15) is 14.4 Å². The minimum absolute atomic E-state index is 0.0889. The van der Waals surface area contributed by atoms with Gasteiger partial charge in [0.25, 0.3) is 11.5 Å². The van der Waals surface area contributed by atoms with Gasteiger partial charge in [0.05, 0.1) is 5.39 Å². The lowest BCUT2D eigenvalue weighted by Gasteiger charge is -2.07. The minimum Gasteiger partial charge on any atom is -0.295 e. The Bertz CT molecular complexity index is 1100. The molecular formula is C16H18N6O3S. The second-order valence-corrected chi connectivity index (χ2v) is 6.89. The van der Waals surface area contributed by atoms with E-state index in [1.54, 1.807) is 0 Å². The summed E-state index contributed by atoms with van der Waals surface area (Å²) in [6, 6.07) is 2.94. The zero-order valence-corrected chi connectivity index (χ0v) is 15.5. The molecule has 0 aliphatic carbocycles. The van der Waals surface area contributed by atoms with Crippen LogP contribution in [-0.4, -0.2) is 30.2 Å². The smallest absolute Gasteiger partial charge is 0.295 e. The summed E-state index contributed by atoms with van der Waals surface area (Å²) in [6.07, 6.45) is 2.89. The molecule has 3 heterocycles. The van der Waals surface area contributed by atoms with E-state index in [0.717, 1.165) is 28.8 Å². The molecule has 136 valence electrons. The quantitative estimate of drug-likeness (QED) is 0.715. The lowest BCUT2D eigenvalue weighted by molar-refractivity contribution is 0.102. The number of unbranched alkanes of at least 4 members (excludes halogenated alkanes) is 1. The van der Waals surface area contributed by atoms with E-state index in [4.69, 9.17) is 0 Å². The van der Waals surface area contributed by atoms with Crippen LogP contribution >= 0.6 is 11.3 Å². The van der Waals surface area contributed by atoms with Gasteiger partial charge < -0.3 is 0 Å². The predicted octanol–water partition coefficient (Wildman–Crippen LogP) is 1.08. The Morgan fingerprint density at radius 3 is 2.69 bits per heavy atom. The molecule has 3 aromatic rings. The predicted molar refractivity (Wildman–Crippen MR) is 98.7 cm³/mol. The second-order valence-electron chi connectivity index (χ2n) is 5.83. The van der Waals surface area contributed by atoms with Crippen molar-refractivity contribution in [1.29, 1.82) is 0 Å². The molecule has 0 fully saturated rings. The molecule has 0 aromatic carbocycles. The molecule has 3 rings (SSSR count). The average molecular weight is 374 g/mol. The highest BCUT2D eigenvalue weighted by Crippen LogP contribution is 2.18. The third-order valence-electron chi connectivity index (χ3n) is 3.97. The van der Waals surface area contributed by atoms with Gasteiger partial charge in [-0.05, 0) is 18.6 Å². The number of fused-ring (bicyclic) bond motifs is 1. The van der Waals surface area contributed by atoms with E-state index in [-0.39, 0.29) is 16.7 Å². The molecule has 0 atom stereocenters. The molecule has 9 nitrogen and oxygen atoms in total. The van der Waals surface area contributed by atoms with Gasteiger partial charge in [-0.3, -0.25) is 24.0 Å². The number of aryl methyl sites for hydroxylation is 2. The molecular weight excluding hydrogens is 356 g/mol. The second kappa shape index (κ2) is 7.16. The number of carbonyl (C=O) groups excluding carboxylic acids is 1.